The van der Waals surface area contributed by atoms with Crippen LogP contribution >= 0.6 is 0 Å². The molecule has 7 nitrogen and oxygen atoms in total. The predicted molar refractivity (Wildman–Crippen MR) is 109 cm³/mol. The van der Waals surface area contributed by atoms with Crippen LogP contribution in [0.4, 0.5) is 10.1 Å². The molecular weight excluding hydrogens is 387 g/mol. The minimum Gasteiger partial charge on any atom is -0.481 e. The van der Waals surface area contributed by atoms with Crippen LogP contribution in [0.25, 0.3) is 16.0 Å². The van der Waals surface area contributed by atoms with E-state index < -0.39 is 17.5 Å². The molecule has 0 saturated carbocycles. The van der Waals surface area contributed by atoms with Crippen LogP contribution in [0, 0.1) is 6.57 Å². The number of guanidine groups is 1. The van der Waals surface area contributed by atoms with Crippen molar-refractivity contribution in [3.63, 3.8) is 0 Å². The number of alkyl halides is 1. The number of hydroxylamine groups is 2. The van der Waals surface area contributed by atoms with Crippen LogP contribution < -0.4 is 10.5 Å². The van der Waals surface area contributed by atoms with E-state index in [1.54, 1.807) is 31.3 Å². The van der Waals surface area contributed by atoms with Crippen LogP contribution in [0.15, 0.2) is 47.5 Å². The van der Waals surface area contributed by atoms with Crippen LogP contribution in [0.1, 0.15) is 18.4 Å². The summed E-state index contributed by atoms with van der Waals surface area (Å²) in [5, 5.41) is 1.28. The number of aliphatic imine (C=N–C) groups is 1. The Morgan fingerprint density at radius 3 is 2.80 bits per heavy atom. The van der Waals surface area contributed by atoms with Crippen LogP contribution in [0.2, 0.25) is 0 Å². The second-order valence-electron chi connectivity index (χ2n) is 7.81. The highest BCUT2D eigenvalue weighted by atomic mass is 19.1. The molecule has 2 aromatic rings. The number of nitrogens with two attached hydrogens (primary N) is 1. The van der Waals surface area contributed by atoms with Gasteiger partial charge >= 0.3 is 0 Å². The third-order valence-electron chi connectivity index (χ3n) is 5.91. The van der Waals surface area contributed by atoms with Gasteiger partial charge in [0.2, 0.25) is 5.96 Å². The lowest BCUT2D eigenvalue weighted by Gasteiger charge is -2.48. The SMILES string of the molecule is [C-]#[N+]c1cccc(-c2ccc3c(c2)C2(N=C(N)N(C)O2)C(F)C2(CCCOC2)O3)c1. The molecule has 0 aliphatic carbocycles. The molecule has 1 saturated heterocycles. The van der Waals surface area contributed by atoms with Crippen molar-refractivity contribution in [2.75, 3.05) is 20.3 Å². The fourth-order valence-electron chi connectivity index (χ4n) is 4.40. The molecule has 2 spiro atoms. The molecule has 1 fully saturated rings. The smallest absolute Gasteiger partial charge is 0.252 e. The molecule has 0 amide bonds. The molecule has 0 aromatic heterocycles. The number of nitrogens with zero attached hydrogens (tertiary/aromatic N) is 3. The lowest BCUT2D eigenvalue weighted by atomic mass is 9.79. The molecule has 154 valence electrons. The topological polar surface area (TPSA) is 73.7 Å². The second kappa shape index (κ2) is 6.69. The first-order valence-electron chi connectivity index (χ1n) is 9.79. The molecule has 3 aliphatic heterocycles. The summed E-state index contributed by atoms with van der Waals surface area (Å²) in [5.41, 5.74) is 5.77. The van der Waals surface area contributed by atoms with Crippen molar-refractivity contribution in [1.82, 2.24) is 5.06 Å². The van der Waals surface area contributed by atoms with Gasteiger partial charge in [0.25, 0.3) is 5.72 Å². The summed E-state index contributed by atoms with van der Waals surface area (Å²) in [6, 6.07) is 12.7. The van der Waals surface area contributed by atoms with Crippen molar-refractivity contribution in [3.8, 4) is 16.9 Å². The molecule has 2 N–H and O–H groups in total. The van der Waals surface area contributed by atoms with Crippen molar-refractivity contribution in [1.29, 1.82) is 0 Å². The Hall–Kier alpha value is -3.15. The number of fused-ring (bicyclic) bond motifs is 2. The Kier molecular flexibility index (Phi) is 4.20. The van der Waals surface area contributed by atoms with Gasteiger partial charge < -0.3 is 15.2 Å². The van der Waals surface area contributed by atoms with Crippen molar-refractivity contribution >= 4 is 11.6 Å². The minimum absolute atomic E-state index is 0.0952. The van der Waals surface area contributed by atoms with Crippen LogP contribution in [0.3, 0.4) is 0 Å². The van der Waals surface area contributed by atoms with E-state index in [1.807, 2.05) is 18.2 Å². The fourth-order valence-corrected chi connectivity index (χ4v) is 4.40. The third-order valence-corrected chi connectivity index (χ3v) is 5.91. The third kappa shape index (κ3) is 2.66. The number of ether oxygens (including phenoxy) is 2. The molecule has 3 unspecified atom stereocenters. The summed E-state index contributed by atoms with van der Waals surface area (Å²) in [5.74, 6) is 0.587. The Bertz CT molecular complexity index is 1080. The van der Waals surface area contributed by atoms with Crippen molar-refractivity contribution in [2.24, 2.45) is 10.7 Å². The largest absolute Gasteiger partial charge is 0.481 e. The Morgan fingerprint density at radius 1 is 1.27 bits per heavy atom. The van der Waals surface area contributed by atoms with Gasteiger partial charge in [0, 0.05) is 13.7 Å². The molecule has 30 heavy (non-hydrogen) atoms. The maximum Gasteiger partial charge on any atom is 0.252 e. The summed E-state index contributed by atoms with van der Waals surface area (Å²) in [6.45, 7) is 7.94. The van der Waals surface area contributed by atoms with Crippen LogP contribution in [-0.4, -0.2) is 43.1 Å². The van der Waals surface area contributed by atoms with Gasteiger partial charge in [-0.25, -0.2) is 24.1 Å². The number of hydrogen-bond donors (Lipinski definition) is 1. The predicted octanol–water partition coefficient (Wildman–Crippen LogP) is 3.53. The van der Waals surface area contributed by atoms with E-state index >= 15 is 4.39 Å². The number of rotatable bonds is 1. The maximum atomic E-state index is 16.2. The molecule has 3 aliphatic rings. The van der Waals surface area contributed by atoms with E-state index in [4.69, 9.17) is 26.6 Å². The lowest BCUT2D eigenvalue weighted by Crippen LogP contribution is -2.62. The molecule has 2 aromatic carbocycles. The summed E-state index contributed by atoms with van der Waals surface area (Å²) in [4.78, 5) is 13.9. The molecule has 0 bridgehead atoms. The molecule has 3 atom stereocenters. The first-order chi connectivity index (χ1) is 14.5. The zero-order valence-corrected chi connectivity index (χ0v) is 16.5. The lowest BCUT2D eigenvalue weighted by molar-refractivity contribution is -0.254. The van der Waals surface area contributed by atoms with E-state index in [2.05, 4.69) is 9.84 Å². The zero-order valence-electron chi connectivity index (χ0n) is 16.5. The summed E-state index contributed by atoms with van der Waals surface area (Å²) < 4.78 is 28.0. The van der Waals surface area contributed by atoms with Gasteiger partial charge in [-0.05, 0) is 42.2 Å². The normalized spacial score (nSPS) is 30.0. The zero-order chi connectivity index (χ0) is 20.9. The van der Waals surface area contributed by atoms with E-state index in [0.717, 1.165) is 11.1 Å². The average molecular weight is 408 g/mol. The number of halogens is 1. The van der Waals surface area contributed by atoms with Gasteiger partial charge in [-0.3, -0.25) is 0 Å². The standard InChI is InChI=1S/C22H21FN4O3/c1-25-16-6-3-5-14(11-16)15-7-8-18-17(12-15)22(26-20(24)27(2)30-22)19(23)21(29-18)9-4-10-28-13-21/h3,5-8,11-12,19H,4,9-10,13H2,2H3,(H2,24,26). The van der Waals surface area contributed by atoms with E-state index in [1.165, 1.54) is 5.06 Å². The quantitative estimate of drug-likeness (QED) is 0.731. The Labute approximate surface area is 173 Å². The average Bonchev–Trinajstić information content (AvgIpc) is 3.08. The highest BCUT2D eigenvalue weighted by molar-refractivity contribution is 5.79. The molecular formula is C22H21FN4O3. The molecule has 0 radical (unpaired) electrons. The first-order valence-corrected chi connectivity index (χ1v) is 9.79. The van der Waals surface area contributed by atoms with Crippen molar-refractivity contribution in [3.05, 3.63) is 59.4 Å². The Morgan fingerprint density at radius 2 is 2.10 bits per heavy atom. The molecule has 5 rings (SSSR count). The van der Waals surface area contributed by atoms with Crippen molar-refractivity contribution < 1.29 is 18.7 Å². The monoisotopic (exact) mass is 408 g/mol. The maximum absolute atomic E-state index is 16.2. The highest BCUT2D eigenvalue weighted by Gasteiger charge is 2.64. The van der Waals surface area contributed by atoms with Gasteiger partial charge in [0.15, 0.2) is 17.5 Å². The Balaban J connectivity index is 1.68. The van der Waals surface area contributed by atoms with Gasteiger partial charge in [0.1, 0.15) is 5.75 Å². The fraction of sp³-hybridized carbons (Fsp3) is 0.364. The summed E-state index contributed by atoms with van der Waals surface area (Å²) >= 11 is 0. The first kappa shape index (κ1) is 18.9. The molecule has 3 heterocycles. The van der Waals surface area contributed by atoms with Gasteiger partial charge in [-0.15, -0.1) is 0 Å². The highest BCUT2D eigenvalue weighted by Crippen LogP contribution is 2.53. The second-order valence-corrected chi connectivity index (χ2v) is 7.81. The summed E-state index contributed by atoms with van der Waals surface area (Å²) in [6.07, 6.45) is -0.444. The van der Waals surface area contributed by atoms with Gasteiger partial charge in [-0.1, -0.05) is 24.3 Å². The number of hydrogen-bond acceptors (Lipinski definition) is 6. The van der Waals surface area contributed by atoms with Crippen molar-refractivity contribution in [2.45, 2.75) is 30.3 Å². The van der Waals surface area contributed by atoms with Crippen LogP contribution in [-0.2, 0) is 15.3 Å². The number of benzene rings is 2. The van der Waals surface area contributed by atoms with E-state index in [-0.39, 0.29) is 12.6 Å². The van der Waals surface area contributed by atoms with E-state index in [9.17, 15) is 0 Å². The van der Waals surface area contributed by atoms with Crippen LogP contribution in [0.5, 0.6) is 5.75 Å². The molecule has 8 heteroatoms. The minimum atomic E-state index is -1.65. The van der Waals surface area contributed by atoms with E-state index in [0.29, 0.717) is 36.4 Å². The summed E-state index contributed by atoms with van der Waals surface area (Å²) in [7, 11) is 1.60. The van der Waals surface area contributed by atoms with Gasteiger partial charge in [-0.2, -0.15) is 0 Å². The van der Waals surface area contributed by atoms with Gasteiger partial charge in [0.05, 0.1) is 18.7 Å².